The van der Waals surface area contributed by atoms with Crippen molar-refractivity contribution in [2.24, 2.45) is 0 Å². The minimum atomic E-state index is -0.496. The Morgan fingerprint density at radius 3 is 2.81 bits per heavy atom. The summed E-state index contributed by atoms with van der Waals surface area (Å²) in [5, 5.41) is 8.08. The predicted molar refractivity (Wildman–Crippen MR) is 76.6 cm³/mol. The van der Waals surface area contributed by atoms with Crippen molar-refractivity contribution < 1.29 is 9.53 Å². The number of hydrogen-bond acceptors (Lipinski definition) is 6. The Morgan fingerprint density at radius 1 is 1.33 bits per heavy atom. The summed E-state index contributed by atoms with van der Waals surface area (Å²) in [6, 6.07) is 9.74. The Bertz CT molecular complexity index is 798. The van der Waals surface area contributed by atoms with Crippen molar-refractivity contribution in [1.82, 2.24) is 20.0 Å². The van der Waals surface area contributed by atoms with E-state index in [0.717, 1.165) is 5.56 Å². The van der Waals surface area contributed by atoms with Gasteiger partial charge in [0.2, 0.25) is 0 Å². The van der Waals surface area contributed by atoms with E-state index < -0.39 is 5.97 Å². The monoisotopic (exact) mass is 283 g/mol. The molecular formula is C14H13N5O2. The quantitative estimate of drug-likeness (QED) is 0.726. The van der Waals surface area contributed by atoms with Crippen LogP contribution in [0, 0.1) is 0 Å². The van der Waals surface area contributed by atoms with E-state index in [1.807, 2.05) is 30.3 Å². The Kier molecular flexibility index (Phi) is 3.23. The number of hydrogen-bond donors (Lipinski definition) is 1. The third-order valence-electron chi connectivity index (χ3n) is 3.15. The van der Waals surface area contributed by atoms with Crippen molar-refractivity contribution >= 4 is 22.8 Å². The minimum absolute atomic E-state index is 0.233. The number of rotatable bonds is 3. The van der Waals surface area contributed by atoms with Crippen molar-refractivity contribution in [3.05, 3.63) is 47.7 Å². The fourth-order valence-corrected chi connectivity index (χ4v) is 2.13. The number of nitrogens with two attached hydrogens (primary N) is 1. The largest absolute Gasteiger partial charge is 0.465 e. The molecule has 0 atom stereocenters. The van der Waals surface area contributed by atoms with Gasteiger partial charge in [-0.3, -0.25) is 0 Å². The molecule has 106 valence electrons. The molecule has 21 heavy (non-hydrogen) atoms. The number of ether oxygens (including phenoxy) is 1. The van der Waals surface area contributed by atoms with Crippen molar-refractivity contribution in [2.45, 2.75) is 6.54 Å². The molecule has 0 amide bonds. The molecule has 2 N–H and O–H groups in total. The second-order valence-corrected chi connectivity index (χ2v) is 4.48. The number of benzene rings is 1. The molecule has 0 aliphatic heterocycles. The second kappa shape index (κ2) is 5.20. The molecule has 2 aromatic heterocycles. The normalized spacial score (nSPS) is 10.7. The highest BCUT2D eigenvalue weighted by atomic mass is 16.5. The van der Waals surface area contributed by atoms with Crippen LogP contribution >= 0.6 is 0 Å². The second-order valence-electron chi connectivity index (χ2n) is 4.48. The molecule has 0 unspecified atom stereocenters. The first-order valence-electron chi connectivity index (χ1n) is 6.30. The number of nitrogen functional groups attached to an aromatic ring is 1. The fraction of sp³-hybridized carbons (Fsp3) is 0.143. The number of methoxy groups -OCH3 is 1. The molecule has 0 saturated carbocycles. The minimum Gasteiger partial charge on any atom is -0.465 e. The number of fused-ring (bicyclic) bond motifs is 1. The van der Waals surface area contributed by atoms with Crippen LogP contribution in [-0.4, -0.2) is 33.1 Å². The predicted octanol–water partition coefficient (Wildman–Crippen LogP) is 1.24. The molecule has 2 heterocycles. The number of nitrogens with zero attached hydrogens (tertiary/aromatic N) is 4. The van der Waals surface area contributed by atoms with E-state index in [9.17, 15) is 4.79 Å². The van der Waals surface area contributed by atoms with Gasteiger partial charge in [0.05, 0.1) is 13.7 Å². The van der Waals surface area contributed by atoms with Crippen LogP contribution in [0.2, 0.25) is 0 Å². The number of carbonyl (C=O) groups is 1. The van der Waals surface area contributed by atoms with Gasteiger partial charge in [0.1, 0.15) is 11.1 Å². The number of pyridine rings is 1. The van der Waals surface area contributed by atoms with Crippen molar-refractivity contribution in [2.75, 3.05) is 12.8 Å². The van der Waals surface area contributed by atoms with Crippen LogP contribution in [-0.2, 0) is 11.3 Å². The summed E-state index contributed by atoms with van der Waals surface area (Å²) in [5.74, 6) is -0.263. The molecule has 3 aromatic rings. The van der Waals surface area contributed by atoms with Gasteiger partial charge in [-0.15, -0.1) is 5.10 Å². The van der Waals surface area contributed by atoms with Gasteiger partial charge in [-0.1, -0.05) is 35.5 Å². The maximum absolute atomic E-state index is 11.9. The first-order chi connectivity index (χ1) is 10.2. The Morgan fingerprint density at radius 2 is 2.10 bits per heavy atom. The van der Waals surface area contributed by atoms with Crippen molar-refractivity contribution in [3.63, 3.8) is 0 Å². The Labute approximate surface area is 120 Å². The lowest BCUT2D eigenvalue weighted by molar-refractivity contribution is 0.0602. The standard InChI is InChI=1S/C14H13N5O2/c1-21-14(20)10-7-16-13(15)11-12(10)19(18-17-11)8-9-5-3-2-4-6-9/h2-7H,8H2,1H3,(H2,15,16). The van der Waals surface area contributed by atoms with E-state index in [4.69, 9.17) is 10.5 Å². The zero-order chi connectivity index (χ0) is 14.8. The topological polar surface area (TPSA) is 95.9 Å². The zero-order valence-electron chi connectivity index (χ0n) is 11.4. The van der Waals surface area contributed by atoms with E-state index in [-0.39, 0.29) is 5.82 Å². The van der Waals surface area contributed by atoms with Crippen molar-refractivity contribution in [3.8, 4) is 0 Å². The van der Waals surface area contributed by atoms with E-state index in [1.54, 1.807) is 4.68 Å². The third-order valence-corrected chi connectivity index (χ3v) is 3.15. The summed E-state index contributed by atoms with van der Waals surface area (Å²) in [6.07, 6.45) is 1.38. The summed E-state index contributed by atoms with van der Waals surface area (Å²) in [7, 11) is 1.32. The van der Waals surface area contributed by atoms with Crippen LogP contribution in [0.25, 0.3) is 11.0 Å². The smallest absolute Gasteiger partial charge is 0.341 e. The molecule has 7 heteroatoms. The highest BCUT2D eigenvalue weighted by Gasteiger charge is 2.19. The van der Waals surface area contributed by atoms with Gasteiger partial charge < -0.3 is 10.5 Å². The van der Waals surface area contributed by atoms with Crippen LogP contribution in [0.3, 0.4) is 0 Å². The average Bonchev–Trinajstić information content (AvgIpc) is 2.93. The zero-order valence-corrected chi connectivity index (χ0v) is 11.4. The van der Waals surface area contributed by atoms with Crippen LogP contribution in [0.5, 0.6) is 0 Å². The molecule has 0 bridgehead atoms. The van der Waals surface area contributed by atoms with Crippen LogP contribution < -0.4 is 5.73 Å². The van der Waals surface area contributed by atoms with Gasteiger partial charge in [-0.25, -0.2) is 14.5 Å². The van der Waals surface area contributed by atoms with Gasteiger partial charge in [0, 0.05) is 6.20 Å². The van der Waals surface area contributed by atoms with E-state index in [0.29, 0.717) is 23.1 Å². The molecule has 0 aliphatic carbocycles. The number of esters is 1. The lowest BCUT2D eigenvalue weighted by Gasteiger charge is -2.06. The van der Waals surface area contributed by atoms with E-state index >= 15 is 0 Å². The van der Waals surface area contributed by atoms with Gasteiger partial charge >= 0.3 is 5.97 Å². The molecule has 3 rings (SSSR count). The molecule has 0 aliphatic rings. The summed E-state index contributed by atoms with van der Waals surface area (Å²) in [4.78, 5) is 15.8. The number of anilines is 1. The Hall–Kier alpha value is -2.96. The molecule has 0 saturated heterocycles. The van der Waals surface area contributed by atoms with Gasteiger partial charge in [0.25, 0.3) is 0 Å². The van der Waals surface area contributed by atoms with Gasteiger partial charge in [-0.2, -0.15) is 0 Å². The summed E-state index contributed by atoms with van der Waals surface area (Å²) in [5.41, 5.74) is 8.05. The van der Waals surface area contributed by atoms with Crippen molar-refractivity contribution in [1.29, 1.82) is 0 Å². The highest BCUT2D eigenvalue weighted by Crippen LogP contribution is 2.21. The molecule has 1 aromatic carbocycles. The Balaban J connectivity index is 2.15. The first-order valence-corrected chi connectivity index (χ1v) is 6.30. The van der Waals surface area contributed by atoms with Crippen LogP contribution in [0.4, 0.5) is 5.82 Å². The van der Waals surface area contributed by atoms with Crippen LogP contribution in [0.1, 0.15) is 15.9 Å². The summed E-state index contributed by atoms with van der Waals surface area (Å²) >= 11 is 0. The van der Waals surface area contributed by atoms with Gasteiger partial charge in [0.15, 0.2) is 11.3 Å². The summed E-state index contributed by atoms with van der Waals surface area (Å²) < 4.78 is 6.39. The maximum Gasteiger partial charge on any atom is 0.341 e. The SMILES string of the molecule is COC(=O)c1cnc(N)c2nnn(Cc3ccccc3)c12. The average molecular weight is 283 g/mol. The third kappa shape index (κ3) is 2.29. The molecule has 0 spiro atoms. The molecule has 0 fully saturated rings. The first kappa shape index (κ1) is 13.0. The van der Waals surface area contributed by atoms with Gasteiger partial charge in [-0.05, 0) is 5.56 Å². The summed E-state index contributed by atoms with van der Waals surface area (Å²) in [6.45, 7) is 0.477. The lowest BCUT2D eigenvalue weighted by atomic mass is 10.2. The van der Waals surface area contributed by atoms with Crippen LogP contribution in [0.15, 0.2) is 36.5 Å². The highest BCUT2D eigenvalue weighted by molar-refractivity contribution is 6.03. The maximum atomic E-state index is 11.9. The number of aromatic nitrogens is 4. The molecule has 0 radical (unpaired) electrons. The van der Waals surface area contributed by atoms with E-state index in [1.165, 1.54) is 13.3 Å². The number of carbonyl (C=O) groups excluding carboxylic acids is 1. The fourth-order valence-electron chi connectivity index (χ4n) is 2.13. The lowest BCUT2D eigenvalue weighted by Crippen LogP contribution is -2.09. The molecule has 7 nitrogen and oxygen atoms in total. The molecular weight excluding hydrogens is 270 g/mol. The van der Waals surface area contributed by atoms with E-state index in [2.05, 4.69) is 15.3 Å².